The summed E-state index contributed by atoms with van der Waals surface area (Å²) in [6.07, 6.45) is 10.4. The van der Waals surface area contributed by atoms with Crippen molar-refractivity contribution in [3.05, 3.63) is 59.7 Å². The standard InChI is InChI=1S/C15H10N2O2.C8H12N2O2/c18-10-16-14-7-3-1-5-12(14)9-13-6-2-4-8-15(13)17-11-19;11-7-9-5-3-1-2-4-6-10-8-12/h1-8H,9H2;1-6H2. The quantitative estimate of drug-likeness (QED) is 0.305. The lowest BCUT2D eigenvalue weighted by atomic mass is 10.0. The van der Waals surface area contributed by atoms with E-state index in [1.807, 2.05) is 24.3 Å². The first-order chi connectivity index (χ1) is 15.3. The first kappa shape index (κ1) is 25.0. The van der Waals surface area contributed by atoms with E-state index in [0.717, 1.165) is 36.8 Å². The molecular formula is C23H22N4O4. The van der Waals surface area contributed by atoms with Gasteiger partial charge in [0.2, 0.25) is 24.3 Å². The van der Waals surface area contributed by atoms with Crippen LogP contribution in [0.5, 0.6) is 0 Å². The van der Waals surface area contributed by atoms with Gasteiger partial charge in [0.05, 0.1) is 24.5 Å². The molecule has 0 fully saturated rings. The molecule has 0 heterocycles. The third-order valence-corrected chi connectivity index (χ3v) is 4.12. The number of unbranched alkanes of at least 4 members (excludes halogenated alkanes) is 3. The van der Waals surface area contributed by atoms with Gasteiger partial charge >= 0.3 is 0 Å². The molecular weight excluding hydrogens is 396 g/mol. The van der Waals surface area contributed by atoms with Gasteiger partial charge in [-0.3, -0.25) is 0 Å². The average Bonchev–Trinajstić information content (AvgIpc) is 2.79. The molecule has 8 heteroatoms. The van der Waals surface area contributed by atoms with Gasteiger partial charge in [0.1, 0.15) is 0 Å². The Balaban J connectivity index is 0.000000348. The van der Waals surface area contributed by atoms with Crippen LogP contribution in [0.1, 0.15) is 36.8 Å². The van der Waals surface area contributed by atoms with Gasteiger partial charge in [-0.05, 0) is 36.1 Å². The molecule has 2 aromatic carbocycles. The Labute approximate surface area is 180 Å². The van der Waals surface area contributed by atoms with Crippen molar-refractivity contribution in [1.29, 1.82) is 0 Å². The van der Waals surface area contributed by atoms with Gasteiger partial charge in [-0.25, -0.2) is 29.2 Å². The number of benzene rings is 2. The lowest BCUT2D eigenvalue weighted by molar-refractivity contribution is 0.558. The summed E-state index contributed by atoms with van der Waals surface area (Å²) in [6, 6.07) is 14.6. The van der Waals surface area contributed by atoms with Gasteiger partial charge in [-0.2, -0.15) is 9.98 Å². The smallest absolute Gasteiger partial charge is 0.211 e. The number of rotatable bonds is 11. The highest BCUT2D eigenvalue weighted by Crippen LogP contribution is 2.26. The summed E-state index contributed by atoms with van der Waals surface area (Å²) in [7, 11) is 0. The van der Waals surface area contributed by atoms with Crippen LogP contribution in [-0.4, -0.2) is 37.4 Å². The van der Waals surface area contributed by atoms with E-state index in [1.165, 1.54) is 24.3 Å². The molecule has 0 aliphatic rings. The maximum atomic E-state index is 10.4. The first-order valence-electron chi connectivity index (χ1n) is 9.65. The van der Waals surface area contributed by atoms with Crippen LogP contribution in [0.2, 0.25) is 0 Å². The van der Waals surface area contributed by atoms with Crippen LogP contribution in [-0.2, 0) is 25.6 Å². The number of aliphatic imine (C=N–C) groups is 4. The summed E-state index contributed by atoms with van der Waals surface area (Å²) in [5.74, 6) is 0. The van der Waals surface area contributed by atoms with Crippen LogP contribution < -0.4 is 0 Å². The fraction of sp³-hybridized carbons (Fsp3) is 0.304. The average molecular weight is 418 g/mol. The third-order valence-electron chi connectivity index (χ3n) is 4.12. The van der Waals surface area contributed by atoms with E-state index in [2.05, 4.69) is 20.0 Å². The van der Waals surface area contributed by atoms with Crippen molar-refractivity contribution in [2.75, 3.05) is 13.1 Å². The highest BCUT2D eigenvalue weighted by molar-refractivity contribution is 5.59. The van der Waals surface area contributed by atoms with Crippen LogP contribution >= 0.6 is 0 Å². The molecule has 0 bridgehead atoms. The molecule has 0 saturated heterocycles. The molecule has 31 heavy (non-hydrogen) atoms. The number of isocyanates is 4. The van der Waals surface area contributed by atoms with Gasteiger partial charge in [-0.1, -0.05) is 49.2 Å². The van der Waals surface area contributed by atoms with Crippen LogP contribution in [0.4, 0.5) is 11.4 Å². The minimum Gasteiger partial charge on any atom is -0.211 e. The predicted octanol–water partition coefficient (Wildman–Crippen LogP) is 4.43. The first-order valence-corrected chi connectivity index (χ1v) is 9.65. The molecule has 2 aromatic rings. The molecule has 158 valence electrons. The Morgan fingerprint density at radius 3 is 1.35 bits per heavy atom. The Bertz CT molecular complexity index is 930. The molecule has 8 nitrogen and oxygen atoms in total. The second-order valence-corrected chi connectivity index (χ2v) is 6.20. The normalized spacial score (nSPS) is 8.90. The highest BCUT2D eigenvalue weighted by Gasteiger charge is 2.05. The molecule has 0 aliphatic heterocycles. The molecule has 0 atom stereocenters. The van der Waals surface area contributed by atoms with Crippen LogP contribution in [0.3, 0.4) is 0 Å². The fourth-order valence-electron chi connectivity index (χ4n) is 2.67. The zero-order valence-corrected chi connectivity index (χ0v) is 17.0. The maximum Gasteiger partial charge on any atom is 0.240 e. The molecule has 0 aromatic heterocycles. The van der Waals surface area contributed by atoms with Gasteiger partial charge in [0.25, 0.3) is 0 Å². The molecule has 0 amide bonds. The zero-order valence-electron chi connectivity index (χ0n) is 17.0. The SMILES string of the molecule is O=C=NCCCCCCN=C=O.O=C=Nc1ccccc1Cc1ccccc1N=C=O. The summed E-state index contributed by atoms with van der Waals surface area (Å²) in [5, 5.41) is 0. The minimum absolute atomic E-state index is 0.530. The molecule has 0 radical (unpaired) electrons. The van der Waals surface area contributed by atoms with E-state index in [9.17, 15) is 19.2 Å². The van der Waals surface area contributed by atoms with Crippen LogP contribution in [0, 0.1) is 0 Å². The van der Waals surface area contributed by atoms with Crippen molar-refractivity contribution in [3.8, 4) is 0 Å². The summed E-state index contributed by atoms with van der Waals surface area (Å²) < 4.78 is 0. The van der Waals surface area contributed by atoms with Gasteiger partial charge in [0, 0.05) is 6.42 Å². The molecule has 2 rings (SSSR count). The predicted molar refractivity (Wildman–Crippen MR) is 116 cm³/mol. The van der Waals surface area contributed by atoms with Crippen LogP contribution in [0.15, 0.2) is 68.5 Å². The van der Waals surface area contributed by atoms with E-state index < -0.39 is 0 Å². The van der Waals surface area contributed by atoms with Crippen molar-refractivity contribution < 1.29 is 19.2 Å². The van der Waals surface area contributed by atoms with Gasteiger partial charge in [0.15, 0.2) is 0 Å². The third kappa shape index (κ3) is 10.9. The van der Waals surface area contributed by atoms with Gasteiger partial charge in [-0.15, -0.1) is 0 Å². The Morgan fingerprint density at radius 2 is 0.968 bits per heavy atom. The number of carbonyl (C=O) groups excluding carboxylic acids is 4. The van der Waals surface area contributed by atoms with Crippen molar-refractivity contribution in [2.45, 2.75) is 32.1 Å². The summed E-state index contributed by atoms with van der Waals surface area (Å²) in [5.41, 5.74) is 2.89. The van der Waals surface area contributed by atoms with Crippen molar-refractivity contribution in [3.63, 3.8) is 0 Å². The molecule has 0 aliphatic carbocycles. The fourth-order valence-corrected chi connectivity index (χ4v) is 2.67. The van der Waals surface area contributed by atoms with E-state index >= 15 is 0 Å². The second kappa shape index (κ2) is 16.9. The van der Waals surface area contributed by atoms with E-state index in [0.29, 0.717) is 30.9 Å². The highest BCUT2D eigenvalue weighted by atomic mass is 16.1. The molecule has 0 saturated carbocycles. The Kier molecular flexibility index (Phi) is 13.6. The number of hydrogen-bond acceptors (Lipinski definition) is 8. The monoisotopic (exact) mass is 418 g/mol. The van der Waals surface area contributed by atoms with E-state index in [-0.39, 0.29) is 0 Å². The zero-order chi connectivity index (χ0) is 22.6. The molecule has 0 spiro atoms. The van der Waals surface area contributed by atoms with E-state index in [4.69, 9.17) is 0 Å². The van der Waals surface area contributed by atoms with Gasteiger partial charge < -0.3 is 0 Å². The molecule has 0 N–H and O–H groups in total. The lowest BCUT2D eigenvalue weighted by Crippen LogP contribution is -1.89. The Morgan fingerprint density at radius 1 is 0.548 bits per heavy atom. The van der Waals surface area contributed by atoms with Crippen molar-refractivity contribution in [2.24, 2.45) is 20.0 Å². The maximum absolute atomic E-state index is 10.4. The number of hydrogen-bond donors (Lipinski definition) is 0. The van der Waals surface area contributed by atoms with Crippen LogP contribution in [0.25, 0.3) is 0 Å². The summed E-state index contributed by atoms with van der Waals surface area (Å²) >= 11 is 0. The Hall–Kier alpha value is -4.04. The lowest BCUT2D eigenvalue weighted by Gasteiger charge is -2.06. The number of para-hydroxylation sites is 2. The number of nitrogens with zero attached hydrogens (tertiary/aromatic N) is 4. The summed E-state index contributed by atoms with van der Waals surface area (Å²) in [6.45, 7) is 1.11. The topological polar surface area (TPSA) is 118 Å². The molecule has 0 unspecified atom stereocenters. The van der Waals surface area contributed by atoms with E-state index in [1.54, 1.807) is 24.3 Å². The largest absolute Gasteiger partial charge is 0.240 e. The van der Waals surface area contributed by atoms with Crippen molar-refractivity contribution in [1.82, 2.24) is 0 Å². The summed E-state index contributed by atoms with van der Waals surface area (Å²) in [4.78, 5) is 54.2. The minimum atomic E-state index is 0.530. The van der Waals surface area contributed by atoms with Crippen molar-refractivity contribution >= 4 is 35.7 Å². The second-order valence-electron chi connectivity index (χ2n) is 6.20.